The molecule has 0 atom stereocenters. The van der Waals surface area contributed by atoms with Gasteiger partial charge in [-0.2, -0.15) is 0 Å². The Kier molecular flexibility index (Phi) is 10.2. The molecule has 350 valence electrons. The van der Waals surface area contributed by atoms with Crippen molar-refractivity contribution in [1.82, 2.24) is 19.1 Å². The van der Waals surface area contributed by atoms with E-state index in [4.69, 9.17) is 9.97 Å². The van der Waals surface area contributed by atoms with Crippen LogP contribution in [0.5, 0.6) is 0 Å². The second kappa shape index (κ2) is 15.7. The molecule has 11 rings (SSSR count). The summed E-state index contributed by atoms with van der Waals surface area (Å²) in [6.45, 7) is 31.9. The highest BCUT2D eigenvalue weighted by Gasteiger charge is 2.26. The zero-order chi connectivity index (χ0) is 49.4. The predicted octanol–water partition coefficient (Wildman–Crippen LogP) is 18.1. The number of benzene rings is 7. The van der Waals surface area contributed by atoms with Crippen molar-refractivity contribution in [1.29, 1.82) is 0 Å². The van der Waals surface area contributed by atoms with E-state index in [-0.39, 0.29) is 21.7 Å². The van der Waals surface area contributed by atoms with Crippen LogP contribution in [0.1, 0.15) is 117 Å². The minimum absolute atomic E-state index is 0.0123. The van der Waals surface area contributed by atoms with E-state index >= 15 is 0 Å². The highest BCUT2D eigenvalue weighted by atomic mass is 15.0. The smallest absolute Gasteiger partial charge is 0.0714 e. The molecule has 0 bridgehead atoms. The van der Waals surface area contributed by atoms with E-state index in [9.17, 15) is 0 Å². The average molecular weight is 915 g/mol. The molecule has 0 aliphatic heterocycles. The van der Waals surface area contributed by atoms with Gasteiger partial charge in [-0.05, 0) is 175 Å². The Balaban J connectivity index is 1.24. The first-order valence-electron chi connectivity index (χ1n) is 25.1. The number of hydrogen-bond acceptors (Lipinski definition) is 2. The molecule has 0 N–H and O–H groups in total. The lowest BCUT2D eigenvalue weighted by Gasteiger charge is -2.21. The summed E-state index contributed by atoms with van der Waals surface area (Å²) in [4.78, 5) is 10.1. The zero-order valence-electron chi connectivity index (χ0n) is 43.6. The fourth-order valence-corrected chi connectivity index (χ4v) is 10.8. The van der Waals surface area contributed by atoms with Gasteiger partial charge in [0.2, 0.25) is 0 Å². The molecule has 0 amide bonds. The van der Waals surface area contributed by atoms with Gasteiger partial charge in [0, 0.05) is 62.1 Å². The Labute approximate surface area is 414 Å². The molecular weight excluding hydrogens is 849 g/mol. The van der Waals surface area contributed by atoms with Crippen molar-refractivity contribution in [3.05, 3.63) is 179 Å². The molecule has 4 aromatic heterocycles. The Hall–Kier alpha value is -7.04. The average Bonchev–Trinajstić information content (AvgIpc) is 3.81. The minimum atomic E-state index is 0.0123. The van der Waals surface area contributed by atoms with Crippen molar-refractivity contribution >= 4 is 65.2 Å². The second-order valence-corrected chi connectivity index (χ2v) is 24.2. The molecule has 0 unspecified atom stereocenters. The van der Waals surface area contributed by atoms with Crippen LogP contribution in [0.15, 0.2) is 146 Å². The molecule has 7 aromatic carbocycles. The third-order valence-electron chi connectivity index (χ3n) is 15.0. The minimum Gasteiger partial charge on any atom is -0.309 e. The van der Waals surface area contributed by atoms with E-state index < -0.39 is 0 Å². The number of hydrogen-bond donors (Lipinski definition) is 0. The van der Waals surface area contributed by atoms with Gasteiger partial charge in [-0.25, -0.2) is 0 Å². The number of rotatable bonds is 4. The summed E-state index contributed by atoms with van der Waals surface area (Å²) in [6.07, 6.45) is 4.06. The van der Waals surface area contributed by atoms with Crippen molar-refractivity contribution < 1.29 is 0 Å². The van der Waals surface area contributed by atoms with E-state index in [1.54, 1.807) is 0 Å². The summed E-state index contributed by atoms with van der Waals surface area (Å²) in [5, 5.41) is 9.74. The maximum Gasteiger partial charge on any atom is 0.0714 e. The van der Waals surface area contributed by atoms with Crippen LogP contribution < -0.4 is 0 Å². The third-order valence-corrected chi connectivity index (χ3v) is 15.0. The molecule has 4 nitrogen and oxygen atoms in total. The number of fused-ring (bicyclic) bond motifs is 8. The van der Waals surface area contributed by atoms with Crippen LogP contribution in [0.2, 0.25) is 0 Å². The van der Waals surface area contributed by atoms with Gasteiger partial charge in [-0.3, -0.25) is 9.97 Å². The topological polar surface area (TPSA) is 35.6 Å². The first-order chi connectivity index (χ1) is 33.0. The fourth-order valence-electron chi connectivity index (χ4n) is 10.8. The molecule has 0 radical (unpaired) electrons. The molecule has 4 heterocycles. The second-order valence-electron chi connectivity index (χ2n) is 24.2. The Morgan fingerprint density at radius 2 is 0.729 bits per heavy atom. The van der Waals surface area contributed by atoms with Gasteiger partial charge in [0.15, 0.2) is 0 Å². The first-order valence-corrected chi connectivity index (χ1v) is 25.1. The van der Waals surface area contributed by atoms with Crippen LogP contribution in [0.4, 0.5) is 0 Å². The van der Waals surface area contributed by atoms with Crippen LogP contribution >= 0.6 is 0 Å². The summed E-state index contributed by atoms with van der Waals surface area (Å²) >= 11 is 0. The molecule has 11 aromatic rings. The molecule has 0 fully saturated rings. The van der Waals surface area contributed by atoms with E-state index in [2.05, 4.69) is 246 Å². The standard InChI is InChI=1S/C66H66N4/c1-39-15-26-56(68-37-39)62-49-25-23-46(69-57-27-18-42(63(3,4)5)31-50(57)51-32-43(64(6,7)8)19-28-58(51)69)35-54(49)61(41-17-16-40(2)67-38-41)48-24-22-47(36-55(48)62)70-59-29-20-44(65(9,10)11)33-52(59)53-34-45(66(12,13)14)21-30-60(53)70/h15-38H,1-14H3. The van der Waals surface area contributed by atoms with Crippen molar-refractivity contribution in [2.45, 2.75) is 119 Å². The van der Waals surface area contributed by atoms with Crippen LogP contribution in [0.3, 0.4) is 0 Å². The first kappa shape index (κ1) is 45.4. The Morgan fingerprint density at radius 1 is 0.329 bits per heavy atom. The highest BCUT2D eigenvalue weighted by Crippen LogP contribution is 2.47. The molecule has 0 spiro atoms. The number of pyridine rings is 2. The predicted molar refractivity (Wildman–Crippen MR) is 301 cm³/mol. The monoisotopic (exact) mass is 915 g/mol. The Morgan fingerprint density at radius 3 is 1.09 bits per heavy atom. The molecule has 70 heavy (non-hydrogen) atoms. The summed E-state index contributed by atoms with van der Waals surface area (Å²) in [7, 11) is 0. The summed E-state index contributed by atoms with van der Waals surface area (Å²) in [5.41, 5.74) is 18.9. The van der Waals surface area contributed by atoms with Crippen molar-refractivity contribution in [2.24, 2.45) is 0 Å². The van der Waals surface area contributed by atoms with Crippen LogP contribution in [0.25, 0.3) is 98.9 Å². The normalized spacial score (nSPS) is 13.0. The molecule has 0 aliphatic rings. The van der Waals surface area contributed by atoms with Gasteiger partial charge in [-0.15, -0.1) is 0 Å². The molecule has 0 saturated heterocycles. The molecule has 0 aliphatic carbocycles. The summed E-state index contributed by atoms with van der Waals surface area (Å²) in [6, 6.07) is 51.4. The van der Waals surface area contributed by atoms with Gasteiger partial charge in [0.25, 0.3) is 0 Å². The number of aromatic nitrogens is 4. The maximum absolute atomic E-state index is 5.21. The maximum atomic E-state index is 5.21. The lowest BCUT2D eigenvalue weighted by Crippen LogP contribution is -2.10. The summed E-state index contributed by atoms with van der Waals surface area (Å²) in [5.74, 6) is 0. The lowest BCUT2D eigenvalue weighted by atomic mass is 9.85. The van der Waals surface area contributed by atoms with Crippen LogP contribution in [-0.2, 0) is 21.7 Å². The molecular formula is C66H66N4. The molecule has 4 heteroatoms. The third kappa shape index (κ3) is 7.50. The van der Waals surface area contributed by atoms with Crippen LogP contribution in [-0.4, -0.2) is 19.1 Å². The van der Waals surface area contributed by atoms with E-state index in [1.807, 2.05) is 6.20 Å². The van der Waals surface area contributed by atoms with Gasteiger partial charge in [0.05, 0.1) is 27.8 Å². The SMILES string of the molecule is Cc1ccc(-c2c3ccc(-n4c5ccc(C(C)(C)C)cc5c5cc(C(C)(C)C)ccc54)cc3c(-c3ccc(C)nc3)c3ccc(-n4c5ccc(C(C)(C)C)cc5c5cc(C(C)(C)C)ccc54)cc23)nc1. The fraction of sp³-hybridized carbons (Fsp3) is 0.273. The number of nitrogens with zero attached hydrogens (tertiary/aromatic N) is 4. The van der Waals surface area contributed by atoms with Crippen molar-refractivity contribution in [3.8, 4) is 33.8 Å². The van der Waals surface area contributed by atoms with Crippen molar-refractivity contribution in [3.63, 3.8) is 0 Å². The van der Waals surface area contributed by atoms with Crippen LogP contribution in [0, 0.1) is 13.8 Å². The molecule has 0 saturated carbocycles. The van der Waals surface area contributed by atoms with E-state index in [1.165, 1.54) is 71.4 Å². The van der Waals surface area contributed by atoms with Gasteiger partial charge in [-0.1, -0.05) is 132 Å². The van der Waals surface area contributed by atoms with E-state index in [0.717, 1.165) is 61.0 Å². The zero-order valence-corrected chi connectivity index (χ0v) is 43.6. The van der Waals surface area contributed by atoms with E-state index in [0.29, 0.717) is 0 Å². The van der Waals surface area contributed by atoms with Gasteiger partial charge < -0.3 is 9.13 Å². The van der Waals surface area contributed by atoms with Crippen molar-refractivity contribution in [2.75, 3.05) is 0 Å². The lowest BCUT2D eigenvalue weighted by molar-refractivity contribution is 0.590. The van der Waals surface area contributed by atoms with Gasteiger partial charge in [0.1, 0.15) is 0 Å². The Bertz CT molecular complexity index is 3500. The largest absolute Gasteiger partial charge is 0.309 e. The summed E-state index contributed by atoms with van der Waals surface area (Å²) < 4.78 is 4.96. The quantitative estimate of drug-likeness (QED) is 0.165. The number of aryl methyl sites for hydroxylation is 2. The highest BCUT2D eigenvalue weighted by molar-refractivity contribution is 6.22. The van der Waals surface area contributed by atoms with Gasteiger partial charge >= 0.3 is 0 Å².